The Kier molecular flexibility index (Phi) is 4.30. The lowest BCUT2D eigenvalue weighted by atomic mass is 10.2. The van der Waals surface area contributed by atoms with Crippen LogP contribution in [0.15, 0.2) is 36.5 Å². The molecule has 1 aromatic carbocycles. The number of aromatic nitrogens is 1. The molecule has 0 aliphatic heterocycles. The maximum Gasteiger partial charge on any atom is 0.255 e. The highest BCUT2D eigenvalue weighted by Crippen LogP contribution is 2.15. The van der Waals surface area contributed by atoms with Crippen molar-refractivity contribution in [1.82, 2.24) is 4.98 Å². The van der Waals surface area contributed by atoms with Gasteiger partial charge in [-0.1, -0.05) is 0 Å². The van der Waals surface area contributed by atoms with Gasteiger partial charge in [-0.05, 0) is 49.7 Å². The summed E-state index contributed by atoms with van der Waals surface area (Å²) in [4.78, 5) is 16.2. The van der Waals surface area contributed by atoms with Gasteiger partial charge in [-0.3, -0.25) is 4.79 Å². The predicted octanol–water partition coefficient (Wildman–Crippen LogP) is 3.21. The fraction of sp³-hybridized carbons (Fsp3) is 0.200. The van der Waals surface area contributed by atoms with Crippen LogP contribution >= 0.6 is 0 Å². The third-order valence-electron chi connectivity index (χ3n) is 2.80. The topological polar surface area (TPSA) is 54.0 Å². The Balaban J connectivity index is 2.15. The van der Waals surface area contributed by atoms with Crippen LogP contribution < -0.4 is 10.6 Å². The van der Waals surface area contributed by atoms with E-state index in [-0.39, 0.29) is 11.7 Å². The first-order valence-corrected chi connectivity index (χ1v) is 6.37. The van der Waals surface area contributed by atoms with Gasteiger partial charge in [0.2, 0.25) is 0 Å². The van der Waals surface area contributed by atoms with Crippen LogP contribution in [0.4, 0.5) is 15.9 Å². The van der Waals surface area contributed by atoms with E-state index in [0.717, 1.165) is 6.54 Å². The van der Waals surface area contributed by atoms with Crippen molar-refractivity contribution < 1.29 is 9.18 Å². The van der Waals surface area contributed by atoms with Crippen LogP contribution in [-0.2, 0) is 0 Å². The number of nitrogens with zero attached hydrogens (tertiary/aromatic N) is 1. The monoisotopic (exact) mass is 273 g/mol. The molecule has 5 heteroatoms. The molecule has 1 aromatic heterocycles. The molecule has 1 heterocycles. The number of carbonyl (C=O) groups excluding carboxylic acids is 1. The van der Waals surface area contributed by atoms with Gasteiger partial charge in [-0.2, -0.15) is 0 Å². The van der Waals surface area contributed by atoms with Gasteiger partial charge in [0.1, 0.15) is 11.6 Å². The van der Waals surface area contributed by atoms with E-state index < -0.39 is 0 Å². The molecule has 0 unspecified atom stereocenters. The summed E-state index contributed by atoms with van der Waals surface area (Å²) in [6, 6.07) is 7.77. The Morgan fingerprint density at radius 2 is 2.10 bits per heavy atom. The number of carbonyl (C=O) groups is 1. The van der Waals surface area contributed by atoms with Crippen molar-refractivity contribution >= 4 is 17.4 Å². The lowest BCUT2D eigenvalue weighted by molar-refractivity contribution is 0.102. The fourth-order valence-electron chi connectivity index (χ4n) is 1.78. The first kappa shape index (κ1) is 14.0. The summed E-state index contributed by atoms with van der Waals surface area (Å²) in [6.45, 7) is 4.34. The summed E-state index contributed by atoms with van der Waals surface area (Å²) < 4.78 is 13.2. The second-order valence-electron chi connectivity index (χ2n) is 4.38. The summed E-state index contributed by atoms with van der Waals surface area (Å²) >= 11 is 0. The normalized spacial score (nSPS) is 10.2. The van der Waals surface area contributed by atoms with Crippen LogP contribution in [0.1, 0.15) is 22.8 Å². The van der Waals surface area contributed by atoms with Crippen molar-refractivity contribution in [3.63, 3.8) is 0 Å². The predicted molar refractivity (Wildman–Crippen MR) is 77.5 cm³/mol. The van der Waals surface area contributed by atoms with Crippen molar-refractivity contribution in [3.05, 3.63) is 53.5 Å². The zero-order valence-corrected chi connectivity index (χ0v) is 11.4. The number of aryl methyl sites for hydroxylation is 1. The molecule has 0 saturated carbocycles. The minimum Gasteiger partial charge on any atom is -0.370 e. The largest absolute Gasteiger partial charge is 0.370 e. The molecule has 0 radical (unpaired) electrons. The van der Waals surface area contributed by atoms with Crippen LogP contribution in [0.25, 0.3) is 0 Å². The van der Waals surface area contributed by atoms with Gasteiger partial charge >= 0.3 is 0 Å². The molecule has 2 aromatic rings. The molecule has 1 amide bonds. The van der Waals surface area contributed by atoms with Crippen LogP contribution in [0.3, 0.4) is 0 Å². The average molecular weight is 273 g/mol. The van der Waals surface area contributed by atoms with Crippen molar-refractivity contribution in [1.29, 1.82) is 0 Å². The van der Waals surface area contributed by atoms with Gasteiger partial charge in [-0.25, -0.2) is 9.37 Å². The number of anilines is 2. The molecule has 0 bridgehead atoms. The minimum atomic E-state index is -0.290. The van der Waals surface area contributed by atoms with E-state index in [0.29, 0.717) is 22.6 Å². The number of benzene rings is 1. The molecule has 4 nitrogen and oxygen atoms in total. The smallest absolute Gasteiger partial charge is 0.255 e. The molecule has 0 aliphatic carbocycles. The zero-order chi connectivity index (χ0) is 14.5. The van der Waals surface area contributed by atoms with Crippen molar-refractivity contribution in [2.45, 2.75) is 13.8 Å². The lowest BCUT2D eigenvalue weighted by Gasteiger charge is -2.08. The second-order valence-corrected chi connectivity index (χ2v) is 4.38. The molecule has 0 fully saturated rings. The SMILES string of the molecule is CCNc1cc(C(=O)Nc2ccc(F)c(C)c2)ccn1. The Morgan fingerprint density at radius 1 is 1.30 bits per heavy atom. The molecule has 20 heavy (non-hydrogen) atoms. The van der Waals surface area contributed by atoms with Crippen molar-refractivity contribution in [2.75, 3.05) is 17.2 Å². The maximum atomic E-state index is 13.2. The number of nitrogens with one attached hydrogen (secondary N) is 2. The third kappa shape index (κ3) is 3.32. The Hall–Kier alpha value is -2.43. The van der Waals surface area contributed by atoms with Gasteiger partial charge in [0.25, 0.3) is 5.91 Å². The molecule has 0 atom stereocenters. The van der Waals surface area contributed by atoms with Gasteiger partial charge in [-0.15, -0.1) is 0 Å². The number of hydrogen-bond acceptors (Lipinski definition) is 3. The number of pyridine rings is 1. The van der Waals surface area contributed by atoms with Crippen LogP contribution in [-0.4, -0.2) is 17.4 Å². The summed E-state index contributed by atoms with van der Waals surface area (Å²) in [5.41, 5.74) is 1.56. The second kappa shape index (κ2) is 6.14. The highest BCUT2D eigenvalue weighted by Gasteiger charge is 2.08. The fourth-order valence-corrected chi connectivity index (χ4v) is 1.78. The zero-order valence-electron chi connectivity index (χ0n) is 11.4. The van der Waals surface area contributed by atoms with Crippen molar-refractivity contribution in [2.24, 2.45) is 0 Å². The number of rotatable bonds is 4. The molecule has 104 valence electrons. The number of amides is 1. The Bertz CT molecular complexity index is 628. The summed E-state index contributed by atoms with van der Waals surface area (Å²) in [6.07, 6.45) is 1.57. The van der Waals surface area contributed by atoms with Crippen LogP contribution in [0, 0.1) is 12.7 Å². The van der Waals surface area contributed by atoms with Crippen molar-refractivity contribution in [3.8, 4) is 0 Å². The summed E-state index contributed by atoms with van der Waals surface area (Å²) in [5.74, 6) is 0.106. The summed E-state index contributed by atoms with van der Waals surface area (Å²) in [5, 5.41) is 5.78. The highest BCUT2D eigenvalue weighted by atomic mass is 19.1. The molecule has 0 saturated heterocycles. The Morgan fingerprint density at radius 3 is 2.80 bits per heavy atom. The van der Waals surface area contributed by atoms with Crippen LogP contribution in [0.5, 0.6) is 0 Å². The number of halogens is 1. The minimum absolute atomic E-state index is 0.252. The van der Waals surface area contributed by atoms with E-state index in [1.807, 2.05) is 6.92 Å². The van der Waals surface area contributed by atoms with E-state index in [9.17, 15) is 9.18 Å². The quantitative estimate of drug-likeness (QED) is 0.899. The Labute approximate surface area is 117 Å². The molecule has 0 spiro atoms. The molecular weight excluding hydrogens is 257 g/mol. The molecule has 0 aliphatic rings. The van der Waals surface area contributed by atoms with Gasteiger partial charge in [0.15, 0.2) is 0 Å². The van der Waals surface area contributed by atoms with E-state index in [1.165, 1.54) is 12.1 Å². The highest BCUT2D eigenvalue weighted by molar-refractivity contribution is 6.04. The third-order valence-corrected chi connectivity index (χ3v) is 2.80. The maximum absolute atomic E-state index is 13.2. The van der Waals surface area contributed by atoms with Crippen LogP contribution in [0.2, 0.25) is 0 Å². The van der Waals surface area contributed by atoms with E-state index in [1.54, 1.807) is 31.3 Å². The van der Waals surface area contributed by atoms with E-state index >= 15 is 0 Å². The van der Waals surface area contributed by atoms with E-state index in [2.05, 4.69) is 15.6 Å². The molecule has 2 rings (SSSR count). The number of hydrogen-bond donors (Lipinski definition) is 2. The first-order valence-electron chi connectivity index (χ1n) is 6.37. The van der Waals surface area contributed by atoms with Gasteiger partial charge in [0.05, 0.1) is 0 Å². The van der Waals surface area contributed by atoms with Gasteiger partial charge < -0.3 is 10.6 Å². The first-order chi connectivity index (χ1) is 9.60. The molecular formula is C15H16FN3O. The average Bonchev–Trinajstić information content (AvgIpc) is 2.43. The molecule has 2 N–H and O–H groups in total. The lowest BCUT2D eigenvalue weighted by Crippen LogP contribution is -2.13. The standard InChI is InChI=1S/C15H16FN3O/c1-3-17-14-9-11(6-7-18-14)15(20)19-12-4-5-13(16)10(2)8-12/h4-9H,3H2,1-2H3,(H,17,18)(H,19,20). The van der Waals surface area contributed by atoms with Gasteiger partial charge in [0, 0.05) is 24.0 Å². The van der Waals surface area contributed by atoms with E-state index in [4.69, 9.17) is 0 Å². The summed E-state index contributed by atoms with van der Waals surface area (Å²) in [7, 11) is 0.